The van der Waals surface area contributed by atoms with Gasteiger partial charge in [-0.1, -0.05) is 12.1 Å². The van der Waals surface area contributed by atoms with Crippen LogP contribution in [-0.4, -0.2) is 37.8 Å². The lowest BCUT2D eigenvalue weighted by Gasteiger charge is -2.37. The number of rotatable bonds is 4. The van der Waals surface area contributed by atoms with E-state index in [2.05, 4.69) is 33.0 Å². The summed E-state index contributed by atoms with van der Waals surface area (Å²) in [6.07, 6.45) is 1.78. The topological polar surface area (TPSA) is 52.4 Å². The SMILES string of the molecule is CCOc1ccccc1N1CCN(c2ccc(C#N)nc2)CC1. The van der Waals surface area contributed by atoms with Gasteiger partial charge in [0.1, 0.15) is 17.5 Å². The molecule has 0 aliphatic carbocycles. The molecule has 0 bridgehead atoms. The van der Waals surface area contributed by atoms with Crippen molar-refractivity contribution in [1.82, 2.24) is 4.98 Å². The first-order valence-electron chi connectivity index (χ1n) is 7.89. The van der Waals surface area contributed by atoms with E-state index in [9.17, 15) is 0 Å². The van der Waals surface area contributed by atoms with Crippen LogP contribution in [0.4, 0.5) is 11.4 Å². The summed E-state index contributed by atoms with van der Waals surface area (Å²) in [4.78, 5) is 8.81. The predicted molar refractivity (Wildman–Crippen MR) is 91.0 cm³/mol. The van der Waals surface area contributed by atoms with E-state index in [0.29, 0.717) is 12.3 Å². The maximum absolute atomic E-state index is 8.82. The summed E-state index contributed by atoms with van der Waals surface area (Å²) in [6, 6.07) is 14.0. The molecule has 2 aromatic rings. The van der Waals surface area contributed by atoms with Crippen molar-refractivity contribution in [3.05, 3.63) is 48.3 Å². The van der Waals surface area contributed by atoms with Gasteiger partial charge in [-0.05, 0) is 31.2 Å². The lowest BCUT2D eigenvalue weighted by atomic mass is 10.2. The third-order valence-corrected chi connectivity index (χ3v) is 4.01. The van der Waals surface area contributed by atoms with Crippen molar-refractivity contribution in [2.45, 2.75) is 6.92 Å². The molecule has 1 saturated heterocycles. The van der Waals surface area contributed by atoms with Crippen molar-refractivity contribution in [3.8, 4) is 11.8 Å². The number of ether oxygens (including phenoxy) is 1. The van der Waals surface area contributed by atoms with Crippen molar-refractivity contribution in [2.24, 2.45) is 0 Å². The Morgan fingerprint density at radius 2 is 1.83 bits per heavy atom. The molecule has 0 unspecified atom stereocenters. The quantitative estimate of drug-likeness (QED) is 0.869. The summed E-state index contributed by atoms with van der Waals surface area (Å²) in [5.74, 6) is 0.948. The van der Waals surface area contributed by atoms with Crippen LogP contribution in [0.2, 0.25) is 0 Å². The van der Waals surface area contributed by atoms with Gasteiger partial charge in [0.15, 0.2) is 0 Å². The molecule has 1 aliphatic rings. The Morgan fingerprint density at radius 1 is 1.09 bits per heavy atom. The highest BCUT2D eigenvalue weighted by Gasteiger charge is 2.20. The molecular formula is C18H20N4O. The van der Waals surface area contributed by atoms with Crippen LogP contribution in [-0.2, 0) is 0 Å². The molecular weight excluding hydrogens is 288 g/mol. The Hall–Kier alpha value is -2.74. The molecule has 0 spiro atoms. The summed E-state index contributed by atoms with van der Waals surface area (Å²) in [6.45, 7) is 6.40. The number of piperazine rings is 1. The highest BCUT2D eigenvalue weighted by atomic mass is 16.5. The van der Waals surface area contributed by atoms with Crippen LogP contribution < -0.4 is 14.5 Å². The monoisotopic (exact) mass is 308 g/mol. The summed E-state index contributed by atoms with van der Waals surface area (Å²) < 4.78 is 5.73. The fraction of sp³-hybridized carbons (Fsp3) is 0.333. The number of nitrogens with zero attached hydrogens (tertiary/aromatic N) is 4. The average molecular weight is 308 g/mol. The maximum atomic E-state index is 8.82. The molecule has 0 radical (unpaired) electrons. The lowest BCUT2D eigenvalue weighted by Crippen LogP contribution is -2.46. The van der Waals surface area contributed by atoms with Gasteiger partial charge in [-0.15, -0.1) is 0 Å². The second-order valence-electron chi connectivity index (χ2n) is 5.39. The second kappa shape index (κ2) is 7.01. The summed E-state index contributed by atoms with van der Waals surface area (Å²) >= 11 is 0. The molecule has 1 aliphatic heterocycles. The van der Waals surface area contributed by atoms with Gasteiger partial charge in [0.2, 0.25) is 0 Å². The number of aromatic nitrogens is 1. The van der Waals surface area contributed by atoms with Gasteiger partial charge in [0.25, 0.3) is 0 Å². The summed E-state index contributed by atoms with van der Waals surface area (Å²) in [5, 5.41) is 8.82. The molecule has 118 valence electrons. The molecule has 3 rings (SSSR count). The predicted octanol–water partition coefficient (Wildman–Crippen LogP) is 2.68. The van der Waals surface area contributed by atoms with Crippen molar-refractivity contribution >= 4 is 11.4 Å². The zero-order chi connectivity index (χ0) is 16.1. The number of benzene rings is 1. The Labute approximate surface area is 136 Å². The molecule has 23 heavy (non-hydrogen) atoms. The van der Waals surface area contributed by atoms with Crippen LogP contribution in [0.3, 0.4) is 0 Å². The van der Waals surface area contributed by atoms with Gasteiger partial charge in [-0.3, -0.25) is 0 Å². The first-order valence-corrected chi connectivity index (χ1v) is 7.89. The maximum Gasteiger partial charge on any atom is 0.142 e. The van der Waals surface area contributed by atoms with Gasteiger partial charge in [0, 0.05) is 26.2 Å². The zero-order valence-electron chi connectivity index (χ0n) is 13.3. The molecule has 5 nitrogen and oxygen atoms in total. The Morgan fingerprint density at radius 3 is 2.48 bits per heavy atom. The molecule has 2 heterocycles. The van der Waals surface area contributed by atoms with E-state index < -0.39 is 0 Å². The third kappa shape index (κ3) is 3.37. The molecule has 0 saturated carbocycles. The smallest absolute Gasteiger partial charge is 0.142 e. The number of hydrogen-bond acceptors (Lipinski definition) is 5. The third-order valence-electron chi connectivity index (χ3n) is 4.01. The van der Waals surface area contributed by atoms with Crippen LogP contribution in [0.15, 0.2) is 42.6 Å². The van der Waals surface area contributed by atoms with Crippen LogP contribution in [0.25, 0.3) is 0 Å². The molecule has 0 atom stereocenters. The van der Waals surface area contributed by atoms with Gasteiger partial charge in [0.05, 0.1) is 24.2 Å². The minimum atomic E-state index is 0.457. The van der Waals surface area contributed by atoms with E-state index in [0.717, 1.165) is 43.3 Å². The summed E-state index contributed by atoms with van der Waals surface area (Å²) in [5.41, 5.74) is 2.69. The fourth-order valence-electron chi connectivity index (χ4n) is 2.84. The Balaban J connectivity index is 1.67. The molecule has 1 aromatic carbocycles. The molecule has 1 aromatic heterocycles. The molecule has 0 amide bonds. The molecule has 0 N–H and O–H groups in total. The first-order chi connectivity index (χ1) is 11.3. The number of para-hydroxylation sites is 2. The van der Waals surface area contributed by atoms with Crippen molar-refractivity contribution in [1.29, 1.82) is 5.26 Å². The summed E-state index contributed by atoms with van der Waals surface area (Å²) in [7, 11) is 0. The standard InChI is InChI=1S/C18H20N4O/c1-2-23-18-6-4-3-5-17(18)22-11-9-21(10-12-22)16-8-7-15(13-19)20-14-16/h3-8,14H,2,9-12H2,1H3. The van der Waals surface area contributed by atoms with E-state index in [1.807, 2.05) is 25.1 Å². The van der Waals surface area contributed by atoms with Crippen molar-refractivity contribution < 1.29 is 4.74 Å². The van der Waals surface area contributed by atoms with Crippen LogP contribution in [0.1, 0.15) is 12.6 Å². The lowest BCUT2D eigenvalue weighted by molar-refractivity contribution is 0.340. The van der Waals surface area contributed by atoms with Crippen LogP contribution in [0.5, 0.6) is 5.75 Å². The normalized spacial score (nSPS) is 14.4. The highest BCUT2D eigenvalue weighted by molar-refractivity contribution is 5.60. The minimum absolute atomic E-state index is 0.457. The van der Waals surface area contributed by atoms with Gasteiger partial charge in [-0.25, -0.2) is 4.98 Å². The van der Waals surface area contributed by atoms with Crippen molar-refractivity contribution in [2.75, 3.05) is 42.6 Å². The van der Waals surface area contributed by atoms with Gasteiger partial charge in [-0.2, -0.15) is 5.26 Å². The Kier molecular flexibility index (Phi) is 4.62. The van der Waals surface area contributed by atoms with Crippen LogP contribution >= 0.6 is 0 Å². The van der Waals surface area contributed by atoms with Crippen molar-refractivity contribution in [3.63, 3.8) is 0 Å². The number of hydrogen-bond donors (Lipinski definition) is 0. The van der Waals surface area contributed by atoms with E-state index in [1.54, 1.807) is 12.3 Å². The molecule has 5 heteroatoms. The van der Waals surface area contributed by atoms with Gasteiger partial charge >= 0.3 is 0 Å². The second-order valence-corrected chi connectivity index (χ2v) is 5.39. The van der Waals surface area contributed by atoms with E-state index in [1.165, 1.54) is 0 Å². The molecule has 1 fully saturated rings. The van der Waals surface area contributed by atoms with E-state index in [-0.39, 0.29) is 0 Å². The number of anilines is 2. The van der Waals surface area contributed by atoms with E-state index >= 15 is 0 Å². The fourth-order valence-corrected chi connectivity index (χ4v) is 2.84. The number of pyridine rings is 1. The largest absolute Gasteiger partial charge is 0.492 e. The number of nitriles is 1. The van der Waals surface area contributed by atoms with E-state index in [4.69, 9.17) is 10.00 Å². The Bertz CT molecular complexity index is 685. The minimum Gasteiger partial charge on any atom is -0.492 e. The zero-order valence-corrected chi connectivity index (χ0v) is 13.3. The van der Waals surface area contributed by atoms with Crippen LogP contribution in [0, 0.1) is 11.3 Å². The van der Waals surface area contributed by atoms with Gasteiger partial charge < -0.3 is 14.5 Å². The average Bonchev–Trinajstić information content (AvgIpc) is 2.63. The highest BCUT2D eigenvalue weighted by Crippen LogP contribution is 2.29. The first kappa shape index (κ1) is 15.2.